The molecule has 0 rings (SSSR count). The van der Waals surface area contributed by atoms with Gasteiger partial charge in [-0.05, 0) is 24.7 Å². The molecule has 6 heteroatoms. The lowest BCUT2D eigenvalue weighted by Crippen LogP contribution is -2.26. The summed E-state index contributed by atoms with van der Waals surface area (Å²) < 4.78 is 11.4. The molecule has 2 unspecified atom stereocenters. The Balaban J connectivity index is 3.61. The van der Waals surface area contributed by atoms with Crippen molar-refractivity contribution in [1.29, 1.82) is 0 Å². The van der Waals surface area contributed by atoms with E-state index in [1.165, 1.54) is 12.8 Å². The van der Waals surface area contributed by atoms with Crippen LogP contribution < -0.4 is 0 Å². The van der Waals surface area contributed by atoms with Crippen molar-refractivity contribution < 1.29 is 19.7 Å². The topological polar surface area (TPSA) is 58.9 Å². The molecular formula is C22H46O4S2. The van der Waals surface area contributed by atoms with E-state index in [0.717, 1.165) is 30.8 Å². The SMILES string of the molecule is CCC(C)(CC)CC(O)COCCOCC(O)CSCCSC(C)(CC)CC. The van der Waals surface area contributed by atoms with Gasteiger partial charge >= 0.3 is 0 Å². The Kier molecular flexibility index (Phi) is 16.6. The fourth-order valence-electron chi connectivity index (χ4n) is 2.79. The predicted octanol–water partition coefficient (Wildman–Crippen LogP) is 5.00. The summed E-state index contributed by atoms with van der Waals surface area (Å²) in [6.07, 6.45) is 4.44. The average Bonchev–Trinajstić information content (AvgIpc) is 2.69. The van der Waals surface area contributed by atoms with Crippen molar-refractivity contribution in [1.82, 2.24) is 0 Å². The van der Waals surface area contributed by atoms with E-state index >= 15 is 0 Å². The van der Waals surface area contributed by atoms with Gasteiger partial charge in [-0.15, -0.1) is 0 Å². The molecule has 0 saturated heterocycles. The average molecular weight is 439 g/mol. The lowest BCUT2D eigenvalue weighted by atomic mass is 9.80. The summed E-state index contributed by atoms with van der Waals surface area (Å²) in [4.78, 5) is 0. The number of aliphatic hydroxyl groups excluding tert-OH is 2. The number of hydrogen-bond donors (Lipinski definition) is 2. The van der Waals surface area contributed by atoms with E-state index in [1.807, 2.05) is 11.8 Å². The highest BCUT2D eigenvalue weighted by atomic mass is 32.2. The maximum Gasteiger partial charge on any atom is 0.0863 e. The van der Waals surface area contributed by atoms with Crippen LogP contribution >= 0.6 is 23.5 Å². The highest BCUT2D eigenvalue weighted by Crippen LogP contribution is 2.32. The van der Waals surface area contributed by atoms with Gasteiger partial charge in [-0.25, -0.2) is 0 Å². The number of ether oxygens (including phenoxy) is 2. The minimum atomic E-state index is -0.431. The number of thioether (sulfide) groups is 2. The Morgan fingerprint density at radius 2 is 1.32 bits per heavy atom. The van der Waals surface area contributed by atoms with Gasteiger partial charge < -0.3 is 19.7 Å². The maximum absolute atomic E-state index is 10.1. The monoisotopic (exact) mass is 438 g/mol. The molecule has 0 aromatic rings. The van der Waals surface area contributed by atoms with Gasteiger partial charge in [0.1, 0.15) is 0 Å². The first-order valence-electron chi connectivity index (χ1n) is 11.0. The maximum atomic E-state index is 10.1. The van der Waals surface area contributed by atoms with E-state index < -0.39 is 12.2 Å². The molecule has 0 saturated carbocycles. The predicted molar refractivity (Wildman–Crippen MR) is 126 cm³/mol. The Morgan fingerprint density at radius 3 is 1.82 bits per heavy atom. The Labute approximate surface area is 182 Å². The van der Waals surface area contributed by atoms with Crippen LogP contribution in [0.25, 0.3) is 0 Å². The van der Waals surface area contributed by atoms with Crippen molar-refractivity contribution in [2.45, 2.75) is 90.6 Å². The summed E-state index contributed by atoms with van der Waals surface area (Å²) in [5.74, 6) is 2.90. The van der Waals surface area contributed by atoms with Crippen molar-refractivity contribution in [3.63, 3.8) is 0 Å². The van der Waals surface area contributed by atoms with E-state index in [0.29, 0.717) is 36.9 Å². The lowest BCUT2D eigenvalue weighted by molar-refractivity contribution is -0.0238. The third-order valence-electron chi connectivity index (χ3n) is 5.91. The van der Waals surface area contributed by atoms with E-state index in [-0.39, 0.29) is 5.41 Å². The van der Waals surface area contributed by atoms with Crippen LogP contribution in [0.4, 0.5) is 0 Å². The minimum absolute atomic E-state index is 0.186. The molecule has 0 aliphatic rings. The molecule has 4 nitrogen and oxygen atoms in total. The molecule has 0 bridgehead atoms. The van der Waals surface area contributed by atoms with E-state index in [1.54, 1.807) is 11.8 Å². The van der Waals surface area contributed by atoms with Crippen LogP contribution in [0.15, 0.2) is 0 Å². The Morgan fingerprint density at radius 1 is 0.786 bits per heavy atom. The third-order valence-corrected chi connectivity index (χ3v) is 8.97. The molecular weight excluding hydrogens is 392 g/mol. The molecule has 2 atom stereocenters. The Hall–Kier alpha value is 0.540. The molecule has 0 heterocycles. The number of aliphatic hydroxyl groups is 2. The van der Waals surface area contributed by atoms with Gasteiger partial charge in [0, 0.05) is 22.0 Å². The van der Waals surface area contributed by atoms with Crippen LogP contribution in [-0.2, 0) is 9.47 Å². The molecule has 2 N–H and O–H groups in total. The van der Waals surface area contributed by atoms with Crippen molar-refractivity contribution in [3.8, 4) is 0 Å². The molecule has 0 aromatic heterocycles. The second kappa shape index (κ2) is 16.3. The number of rotatable bonds is 19. The zero-order chi connectivity index (χ0) is 21.5. The van der Waals surface area contributed by atoms with Crippen molar-refractivity contribution in [2.24, 2.45) is 5.41 Å². The van der Waals surface area contributed by atoms with Crippen LogP contribution in [0.2, 0.25) is 0 Å². The molecule has 0 amide bonds. The second-order valence-electron chi connectivity index (χ2n) is 8.26. The van der Waals surface area contributed by atoms with E-state index in [2.05, 4.69) is 41.5 Å². The summed E-state index contributed by atoms with van der Waals surface area (Å²) in [5.41, 5.74) is 0.186. The lowest BCUT2D eigenvalue weighted by Gasteiger charge is -2.29. The molecule has 0 fully saturated rings. The molecule has 0 aliphatic carbocycles. The fraction of sp³-hybridized carbons (Fsp3) is 1.00. The van der Waals surface area contributed by atoms with Gasteiger partial charge in [-0.3, -0.25) is 0 Å². The first kappa shape index (κ1) is 28.5. The molecule has 170 valence electrons. The summed E-state index contributed by atoms with van der Waals surface area (Å²) in [7, 11) is 0. The van der Waals surface area contributed by atoms with Crippen molar-refractivity contribution in [3.05, 3.63) is 0 Å². The van der Waals surface area contributed by atoms with Gasteiger partial charge in [-0.2, -0.15) is 23.5 Å². The van der Waals surface area contributed by atoms with Crippen LogP contribution in [-0.4, -0.2) is 70.9 Å². The molecule has 28 heavy (non-hydrogen) atoms. The van der Waals surface area contributed by atoms with Crippen LogP contribution in [0.1, 0.15) is 73.6 Å². The van der Waals surface area contributed by atoms with Gasteiger partial charge in [0.25, 0.3) is 0 Å². The van der Waals surface area contributed by atoms with Gasteiger partial charge in [0.15, 0.2) is 0 Å². The third kappa shape index (κ3) is 13.7. The highest BCUT2D eigenvalue weighted by Gasteiger charge is 2.23. The van der Waals surface area contributed by atoms with Crippen LogP contribution in [0.5, 0.6) is 0 Å². The standard InChI is InChI=1S/C22H46O4S2/c1-7-21(5,8-2)15-19(23)16-25-11-12-26-17-20(24)18-27-13-14-28-22(6,9-3)10-4/h19-20,23-24H,7-18H2,1-6H3. The van der Waals surface area contributed by atoms with E-state index in [4.69, 9.17) is 9.47 Å². The van der Waals surface area contributed by atoms with Gasteiger partial charge in [0.05, 0.1) is 38.6 Å². The smallest absolute Gasteiger partial charge is 0.0863 e. The zero-order valence-electron chi connectivity index (χ0n) is 19.2. The summed E-state index contributed by atoms with van der Waals surface area (Å²) in [6, 6.07) is 0. The summed E-state index contributed by atoms with van der Waals surface area (Å²) >= 11 is 3.83. The second-order valence-corrected chi connectivity index (χ2v) is 11.1. The quantitative estimate of drug-likeness (QED) is 0.277. The fourth-order valence-corrected chi connectivity index (χ4v) is 5.03. The molecule has 0 spiro atoms. The first-order chi connectivity index (χ1) is 13.2. The van der Waals surface area contributed by atoms with Crippen LogP contribution in [0, 0.1) is 5.41 Å². The normalized spacial score (nSPS) is 15.0. The summed E-state index contributed by atoms with van der Waals surface area (Å²) in [5, 5.41) is 20.1. The largest absolute Gasteiger partial charge is 0.391 e. The molecule has 0 aliphatic heterocycles. The molecule has 0 aromatic carbocycles. The van der Waals surface area contributed by atoms with E-state index in [9.17, 15) is 10.2 Å². The zero-order valence-corrected chi connectivity index (χ0v) is 20.8. The van der Waals surface area contributed by atoms with Gasteiger partial charge in [-0.1, -0.05) is 54.4 Å². The van der Waals surface area contributed by atoms with Gasteiger partial charge in [0.2, 0.25) is 0 Å². The summed E-state index contributed by atoms with van der Waals surface area (Å²) in [6.45, 7) is 15.0. The highest BCUT2D eigenvalue weighted by molar-refractivity contribution is 8.03. The van der Waals surface area contributed by atoms with Crippen molar-refractivity contribution in [2.75, 3.05) is 43.7 Å². The Bertz CT molecular complexity index is 360. The van der Waals surface area contributed by atoms with Crippen molar-refractivity contribution >= 4 is 23.5 Å². The molecule has 0 radical (unpaired) electrons. The first-order valence-corrected chi connectivity index (χ1v) is 13.1. The number of hydrogen-bond acceptors (Lipinski definition) is 6. The van der Waals surface area contributed by atoms with Crippen LogP contribution in [0.3, 0.4) is 0 Å². The minimum Gasteiger partial charge on any atom is -0.391 e.